The second-order valence-electron chi connectivity index (χ2n) is 18.4. The number of aromatic nitrogens is 1. The summed E-state index contributed by atoms with van der Waals surface area (Å²) in [6.07, 6.45) is 4.77. The predicted molar refractivity (Wildman–Crippen MR) is 282 cm³/mol. The fourth-order valence-corrected chi connectivity index (χ4v) is 8.48. The number of fused-ring (bicyclic) bond motifs is 3. The van der Waals surface area contributed by atoms with Crippen LogP contribution >= 0.6 is 0 Å². The van der Waals surface area contributed by atoms with E-state index in [4.69, 9.17) is 24.7 Å². The Morgan fingerprint density at radius 1 is 0.730 bits per heavy atom. The van der Waals surface area contributed by atoms with Crippen LogP contribution in [0.3, 0.4) is 0 Å². The van der Waals surface area contributed by atoms with Crippen molar-refractivity contribution in [2.45, 2.75) is 71.1 Å². The van der Waals surface area contributed by atoms with Crippen molar-refractivity contribution in [2.75, 3.05) is 62.6 Å². The second-order valence-corrected chi connectivity index (χ2v) is 18.4. The number of ether oxygens (including phenoxy) is 4. The van der Waals surface area contributed by atoms with E-state index in [1.807, 2.05) is 53.6 Å². The minimum atomic E-state index is -0.892. The molecular weight excluding hydrogens is 947 g/mol. The minimum absolute atomic E-state index is 0.0656. The van der Waals surface area contributed by atoms with Crippen LogP contribution in [0.15, 0.2) is 102 Å². The van der Waals surface area contributed by atoms with E-state index in [1.165, 1.54) is 12.7 Å². The number of methoxy groups -OCH3 is 1. The van der Waals surface area contributed by atoms with Gasteiger partial charge in [-0.1, -0.05) is 62.4 Å². The Labute approximate surface area is 430 Å². The van der Waals surface area contributed by atoms with Crippen LogP contribution in [0.2, 0.25) is 0 Å². The third kappa shape index (κ3) is 14.2. The van der Waals surface area contributed by atoms with Crippen molar-refractivity contribution < 1.29 is 47.7 Å². The van der Waals surface area contributed by atoms with Gasteiger partial charge in [0.25, 0.3) is 11.8 Å². The Kier molecular flexibility index (Phi) is 18.7. The summed E-state index contributed by atoms with van der Waals surface area (Å²) in [6, 6.07) is 25.6. The molecule has 2 aliphatic heterocycles. The van der Waals surface area contributed by atoms with Gasteiger partial charge in [0.05, 0.1) is 63.1 Å². The number of aryl methyl sites for hydroxylation is 1. The van der Waals surface area contributed by atoms with Gasteiger partial charge in [-0.3, -0.25) is 33.8 Å². The number of benzene rings is 4. The minimum Gasteiger partial charge on any atom is -0.493 e. The number of anilines is 3. The van der Waals surface area contributed by atoms with E-state index in [0.29, 0.717) is 91.3 Å². The number of nitrogens with zero attached hydrogens (tertiary/aromatic N) is 3. The van der Waals surface area contributed by atoms with Crippen LogP contribution in [0, 0.1) is 5.92 Å². The van der Waals surface area contributed by atoms with E-state index >= 15 is 0 Å². The zero-order valence-electron chi connectivity index (χ0n) is 42.4. The van der Waals surface area contributed by atoms with Crippen molar-refractivity contribution in [3.05, 3.63) is 120 Å². The average Bonchev–Trinajstić information content (AvgIpc) is 3.71. The summed E-state index contributed by atoms with van der Waals surface area (Å²) >= 11 is 0. The van der Waals surface area contributed by atoms with Crippen LogP contribution < -0.4 is 41.8 Å². The largest absolute Gasteiger partial charge is 0.493 e. The van der Waals surface area contributed by atoms with Crippen LogP contribution in [-0.4, -0.2) is 116 Å². The van der Waals surface area contributed by atoms with E-state index in [-0.39, 0.29) is 61.6 Å². The molecule has 0 bridgehead atoms. The zero-order chi connectivity index (χ0) is 52.7. The topological polar surface area (TPSA) is 246 Å². The number of carbonyl (C=O) groups excluding carboxylic acids is 6. The Balaban J connectivity index is 0.832. The van der Waals surface area contributed by atoms with Gasteiger partial charge >= 0.3 is 0 Å². The molecule has 19 nitrogen and oxygen atoms in total. The van der Waals surface area contributed by atoms with Crippen LogP contribution in [-0.2, 0) is 48.7 Å². The van der Waals surface area contributed by atoms with Gasteiger partial charge in [0.15, 0.2) is 11.5 Å². The lowest BCUT2D eigenvalue weighted by atomic mass is 9.94. The first-order chi connectivity index (χ1) is 35.7. The summed E-state index contributed by atoms with van der Waals surface area (Å²) in [5.74, 6) is -1.42. The summed E-state index contributed by atoms with van der Waals surface area (Å²) in [5, 5.41) is 14.0. The summed E-state index contributed by atoms with van der Waals surface area (Å²) in [7, 11) is 3.23. The first kappa shape index (κ1) is 53.9. The highest BCUT2D eigenvalue weighted by molar-refractivity contribution is 6.05. The molecule has 7 rings (SSSR count). The van der Waals surface area contributed by atoms with Crippen molar-refractivity contribution in [3.63, 3.8) is 0 Å². The fraction of sp³-hybridized carbons (Fsp3) is 0.364. The van der Waals surface area contributed by atoms with Gasteiger partial charge in [0.1, 0.15) is 17.8 Å². The number of carbonyl (C=O) groups is 6. The first-order valence-corrected chi connectivity index (χ1v) is 24.7. The van der Waals surface area contributed by atoms with Gasteiger partial charge in [-0.2, -0.15) is 0 Å². The van der Waals surface area contributed by atoms with E-state index in [2.05, 4.69) is 37.6 Å². The molecule has 6 amide bonds. The predicted octanol–water partition coefficient (Wildman–Crippen LogP) is 6.00. The Morgan fingerprint density at radius 2 is 1.41 bits per heavy atom. The monoisotopic (exact) mass is 1010 g/mol. The fourth-order valence-electron chi connectivity index (χ4n) is 8.48. The highest BCUT2D eigenvalue weighted by Gasteiger charge is 2.33. The molecule has 390 valence electrons. The molecular formula is C55H65N9O10. The maximum atomic E-state index is 13.7. The van der Waals surface area contributed by atoms with Gasteiger partial charge in [0.2, 0.25) is 23.6 Å². The molecule has 0 saturated carbocycles. The first-order valence-electron chi connectivity index (χ1n) is 24.7. The van der Waals surface area contributed by atoms with E-state index in [0.717, 1.165) is 16.7 Å². The van der Waals surface area contributed by atoms with Crippen LogP contribution in [0.5, 0.6) is 11.5 Å². The Bertz CT molecular complexity index is 2830. The number of hydrogen-bond donors (Lipinski definition) is 6. The lowest BCUT2D eigenvalue weighted by molar-refractivity contribution is -0.132. The molecule has 0 unspecified atom stereocenters. The second kappa shape index (κ2) is 25.7. The zero-order valence-corrected chi connectivity index (χ0v) is 42.4. The van der Waals surface area contributed by atoms with E-state index in [9.17, 15) is 28.8 Å². The van der Waals surface area contributed by atoms with Gasteiger partial charge in [-0.05, 0) is 84.3 Å². The molecule has 0 radical (unpaired) electrons. The highest BCUT2D eigenvalue weighted by Crippen LogP contribution is 2.38. The smallest absolute Gasteiger partial charge is 0.272 e. The number of rotatable bonds is 24. The number of amides is 6. The van der Waals surface area contributed by atoms with Crippen molar-refractivity contribution in [2.24, 2.45) is 23.7 Å². The average molecular weight is 1010 g/mol. The van der Waals surface area contributed by atoms with Crippen molar-refractivity contribution >= 4 is 64.4 Å². The highest BCUT2D eigenvalue weighted by atomic mass is 16.5. The SMILES string of the molecule is COc1cc2c(cc1OCCCC(=O)Nc1cc(C(=O)Nc3ccc(-c4ccc(NC(=O)[C@H](C)NC(=O)[C@@H](NC(=O)CCOCCOCCN)C(C)C)cc4)cc3)n(C)c1)N=C[C@@H]1Cc3ccccc3CN1C2=O. The number of nitrogens with two attached hydrogens (primary N) is 1. The lowest BCUT2D eigenvalue weighted by Gasteiger charge is -2.34. The van der Waals surface area contributed by atoms with E-state index < -0.39 is 23.9 Å². The van der Waals surface area contributed by atoms with Crippen molar-refractivity contribution in [1.29, 1.82) is 0 Å². The molecule has 0 spiro atoms. The molecule has 3 atom stereocenters. The molecule has 1 aromatic heterocycles. The van der Waals surface area contributed by atoms with Gasteiger partial charge in [-0.15, -0.1) is 0 Å². The van der Waals surface area contributed by atoms with Crippen LogP contribution in [0.25, 0.3) is 11.1 Å². The van der Waals surface area contributed by atoms with Crippen molar-refractivity contribution in [1.82, 2.24) is 20.1 Å². The number of hydrogen-bond acceptors (Lipinski definition) is 12. The number of nitrogens with one attached hydrogen (secondary N) is 5. The molecule has 19 heteroatoms. The summed E-state index contributed by atoms with van der Waals surface area (Å²) < 4.78 is 23.9. The van der Waals surface area contributed by atoms with Gasteiger partial charge in [-0.25, -0.2) is 0 Å². The quantitative estimate of drug-likeness (QED) is 0.0392. The maximum Gasteiger partial charge on any atom is 0.272 e. The van der Waals surface area contributed by atoms with Crippen LogP contribution in [0.1, 0.15) is 72.0 Å². The lowest BCUT2D eigenvalue weighted by Crippen LogP contribution is -2.53. The Morgan fingerprint density at radius 3 is 2.08 bits per heavy atom. The standard InChI is InChI=1S/C55H65N9O10/c1-34(2)51(62-50(66)20-23-72-25-26-73-24-21-56)54(69)58-35(3)52(67)60-40-16-12-36(13-17-40)37-14-18-41(19-15-37)61-53(68)46-28-42(33-63(46)4)59-49(65)11-8-22-74-48-30-45-44(29-47(48)71-5)55(70)64-32-39-10-7-6-9-38(39)27-43(64)31-57-45/h6-7,9-10,12-19,28-31,33-35,43,51H,8,11,20-27,32,56H2,1-5H3,(H,58,69)(H,59,65)(H,60,67)(H,61,68)(H,62,66)/t35-,43-,51-/m0/s1. The summed E-state index contributed by atoms with van der Waals surface area (Å²) in [5.41, 5.74) is 12.3. The molecule has 74 heavy (non-hydrogen) atoms. The van der Waals surface area contributed by atoms with Gasteiger partial charge in [0, 0.05) is 62.8 Å². The summed E-state index contributed by atoms with van der Waals surface area (Å²) in [4.78, 5) is 85.3. The Hall–Kier alpha value is -7.87. The third-order valence-electron chi connectivity index (χ3n) is 12.5. The van der Waals surface area contributed by atoms with Crippen LogP contribution in [0.4, 0.5) is 22.7 Å². The third-order valence-corrected chi connectivity index (χ3v) is 12.5. The molecule has 7 N–H and O–H groups in total. The van der Waals surface area contributed by atoms with Crippen molar-refractivity contribution in [3.8, 4) is 22.6 Å². The van der Waals surface area contributed by atoms with E-state index in [1.54, 1.807) is 81.0 Å². The number of aliphatic imine (C=N–C) groups is 1. The normalized spacial score (nSPS) is 14.4. The summed E-state index contributed by atoms with van der Waals surface area (Å²) in [6.45, 7) is 7.60. The molecule has 5 aromatic rings. The molecule has 0 saturated heterocycles. The molecule has 0 fully saturated rings. The molecule has 4 aromatic carbocycles. The molecule has 2 aliphatic rings. The van der Waals surface area contributed by atoms with Gasteiger partial charge < -0.3 is 60.7 Å². The molecule has 3 heterocycles. The maximum absolute atomic E-state index is 13.7. The molecule has 0 aliphatic carbocycles.